The van der Waals surface area contributed by atoms with Gasteiger partial charge in [-0.25, -0.2) is 0 Å². The molecule has 126 valence electrons. The fourth-order valence-electron chi connectivity index (χ4n) is 3.15. The highest BCUT2D eigenvalue weighted by Crippen LogP contribution is 2.15. The molecule has 5 heteroatoms. The molecule has 0 unspecified atom stereocenters. The molecule has 23 heavy (non-hydrogen) atoms. The molecule has 0 bridgehead atoms. The summed E-state index contributed by atoms with van der Waals surface area (Å²) >= 11 is 0. The van der Waals surface area contributed by atoms with Crippen LogP contribution in [0.15, 0.2) is 24.3 Å². The molecule has 1 aromatic carbocycles. The molecule has 2 aliphatic heterocycles. The monoisotopic (exact) mass is 318 g/mol. The van der Waals surface area contributed by atoms with Crippen LogP contribution in [-0.4, -0.2) is 50.3 Å². The van der Waals surface area contributed by atoms with Gasteiger partial charge >= 0.3 is 0 Å². The Kier molecular flexibility index (Phi) is 6.02. The number of carbonyl (C=O) groups excluding carboxylic acids is 1. The molecular weight excluding hydrogens is 292 g/mol. The molecule has 2 aliphatic rings. The van der Waals surface area contributed by atoms with Crippen LogP contribution in [0.5, 0.6) is 0 Å². The van der Waals surface area contributed by atoms with Crippen LogP contribution >= 0.6 is 0 Å². The van der Waals surface area contributed by atoms with Crippen LogP contribution in [-0.2, 0) is 27.4 Å². The molecule has 1 aromatic rings. The van der Waals surface area contributed by atoms with Gasteiger partial charge in [-0.05, 0) is 24.0 Å². The molecule has 0 aromatic heterocycles. The van der Waals surface area contributed by atoms with Crippen LogP contribution < -0.4 is 5.32 Å². The number of rotatable bonds is 5. The van der Waals surface area contributed by atoms with Crippen LogP contribution in [0.4, 0.5) is 0 Å². The quantitative estimate of drug-likeness (QED) is 0.895. The smallest absolute Gasteiger partial charge is 0.223 e. The van der Waals surface area contributed by atoms with Crippen LogP contribution in [0.25, 0.3) is 0 Å². The third-order valence-electron chi connectivity index (χ3n) is 4.56. The molecule has 5 nitrogen and oxygen atoms in total. The van der Waals surface area contributed by atoms with Gasteiger partial charge in [-0.3, -0.25) is 9.69 Å². The molecule has 0 spiro atoms. The lowest BCUT2D eigenvalue weighted by atomic mass is 9.99. The Labute approximate surface area is 137 Å². The van der Waals surface area contributed by atoms with E-state index in [0.717, 1.165) is 51.3 Å². The molecule has 0 atom stereocenters. The average molecular weight is 318 g/mol. The van der Waals surface area contributed by atoms with Crippen molar-refractivity contribution in [2.24, 2.45) is 5.92 Å². The number of hydrogen-bond acceptors (Lipinski definition) is 4. The van der Waals surface area contributed by atoms with E-state index in [1.807, 2.05) is 0 Å². The first-order valence-corrected chi connectivity index (χ1v) is 8.54. The highest BCUT2D eigenvalue weighted by Gasteiger charge is 2.21. The summed E-state index contributed by atoms with van der Waals surface area (Å²) in [5.41, 5.74) is 2.46. The Morgan fingerprint density at radius 1 is 1.09 bits per heavy atom. The van der Waals surface area contributed by atoms with Gasteiger partial charge in [0.15, 0.2) is 0 Å². The van der Waals surface area contributed by atoms with E-state index in [9.17, 15) is 4.79 Å². The van der Waals surface area contributed by atoms with Crippen molar-refractivity contribution in [2.45, 2.75) is 25.9 Å². The van der Waals surface area contributed by atoms with Gasteiger partial charge in [0, 0.05) is 45.3 Å². The molecule has 0 radical (unpaired) electrons. The van der Waals surface area contributed by atoms with Gasteiger partial charge in [-0.1, -0.05) is 24.3 Å². The first kappa shape index (κ1) is 16.4. The van der Waals surface area contributed by atoms with Crippen molar-refractivity contribution in [3.05, 3.63) is 35.4 Å². The number of benzene rings is 1. The lowest BCUT2D eigenvalue weighted by molar-refractivity contribution is -0.128. The van der Waals surface area contributed by atoms with E-state index in [4.69, 9.17) is 9.47 Å². The van der Waals surface area contributed by atoms with Crippen molar-refractivity contribution < 1.29 is 14.3 Å². The van der Waals surface area contributed by atoms with Gasteiger partial charge < -0.3 is 14.8 Å². The van der Waals surface area contributed by atoms with Gasteiger partial charge in [0.25, 0.3) is 0 Å². The van der Waals surface area contributed by atoms with E-state index in [1.54, 1.807) is 0 Å². The first-order chi connectivity index (χ1) is 11.3. The summed E-state index contributed by atoms with van der Waals surface area (Å²) in [7, 11) is 0. The second-order valence-electron chi connectivity index (χ2n) is 6.31. The Hall–Kier alpha value is -1.43. The van der Waals surface area contributed by atoms with E-state index in [0.29, 0.717) is 19.8 Å². The lowest BCUT2D eigenvalue weighted by Crippen LogP contribution is -2.35. The molecule has 3 rings (SSSR count). The van der Waals surface area contributed by atoms with Crippen LogP contribution in [0.2, 0.25) is 0 Å². The SMILES string of the molecule is O=C(NCc1cccc(CN2CCOCC2)c1)C1CCOCC1. The zero-order valence-corrected chi connectivity index (χ0v) is 13.6. The second-order valence-corrected chi connectivity index (χ2v) is 6.31. The number of hydrogen-bond donors (Lipinski definition) is 1. The maximum atomic E-state index is 12.2. The maximum absolute atomic E-state index is 12.2. The third kappa shape index (κ3) is 5.03. The number of amides is 1. The largest absolute Gasteiger partial charge is 0.381 e. The number of ether oxygens (including phenoxy) is 2. The molecule has 2 saturated heterocycles. The average Bonchev–Trinajstić information content (AvgIpc) is 2.62. The lowest BCUT2D eigenvalue weighted by Gasteiger charge is -2.26. The molecule has 2 heterocycles. The molecule has 2 fully saturated rings. The number of nitrogens with zero attached hydrogens (tertiary/aromatic N) is 1. The molecular formula is C18H26N2O3. The van der Waals surface area contributed by atoms with Crippen LogP contribution in [0, 0.1) is 5.92 Å². The van der Waals surface area contributed by atoms with Crippen molar-refractivity contribution in [1.29, 1.82) is 0 Å². The molecule has 1 amide bonds. The fourth-order valence-corrected chi connectivity index (χ4v) is 3.15. The van der Waals surface area contributed by atoms with E-state index < -0.39 is 0 Å². The summed E-state index contributed by atoms with van der Waals surface area (Å²) in [5, 5.41) is 3.07. The van der Waals surface area contributed by atoms with Crippen LogP contribution in [0.1, 0.15) is 24.0 Å². The van der Waals surface area contributed by atoms with E-state index in [1.165, 1.54) is 5.56 Å². The zero-order valence-electron chi connectivity index (χ0n) is 13.6. The van der Waals surface area contributed by atoms with E-state index in [2.05, 4.69) is 34.5 Å². The fraction of sp³-hybridized carbons (Fsp3) is 0.611. The standard InChI is InChI=1S/C18H26N2O3/c21-18(17-4-8-22-9-5-17)19-13-15-2-1-3-16(12-15)14-20-6-10-23-11-7-20/h1-3,12,17H,4-11,13-14H2,(H,19,21). The van der Waals surface area contributed by atoms with Gasteiger partial charge in [0.1, 0.15) is 0 Å². The number of morpholine rings is 1. The van der Waals surface area contributed by atoms with Crippen molar-refractivity contribution in [1.82, 2.24) is 10.2 Å². The van der Waals surface area contributed by atoms with E-state index in [-0.39, 0.29) is 11.8 Å². The minimum atomic E-state index is 0.111. The Balaban J connectivity index is 1.49. The van der Waals surface area contributed by atoms with Crippen molar-refractivity contribution >= 4 is 5.91 Å². The van der Waals surface area contributed by atoms with Crippen molar-refractivity contribution in [3.8, 4) is 0 Å². The molecule has 1 N–H and O–H groups in total. The summed E-state index contributed by atoms with van der Waals surface area (Å²) in [6.07, 6.45) is 1.67. The van der Waals surface area contributed by atoms with Gasteiger partial charge in [0.2, 0.25) is 5.91 Å². The second kappa shape index (κ2) is 8.43. The summed E-state index contributed by atoms with van der Waals surface area (Å²) in [6, 6.07) is 8.50. The van der Waals surface area contributed by atoms with E-state index >= 15 is 0 Å². The summed E-state index contributed by atoms with van der Waals surface area (Å²) in [6.45, 7) is 6.58. The highest BCUT2D eigenvalue weighted by atomic mass is 16.5. The first-order valence-electron chi connectivity index (χ1n) is 8.54. The summed E-state index contributed by atoms with van der Waals surface area (Å²) in [5.74, 6) is 0.271. The van der Waals surface area contributed by atoms with Crippen molar-refractivity contribution in [2.75, 3.05) is 39.5 Å². The number of carbonyl (C=O) groups is 1. The zero-order chi connectivity index (χ0) is 15.9. The normalized spacial score (nSPS) is 20.3. The Morgan fingerprint density at radius 3 is 2.57 bits per heavy atom. The van der Waals surface area contributed by atoms with Gasteiger partial charge in [0.05, 0.1) is 13.2 Å². The van der Waals surface area contributed by atoms with Gasteiger partial charge in [-0.15, -0.1) is 0 Å². The third-order valence-corrected chi connectivity index (χ3v) is 4.56. The Morgan fingerprint density at radius 2 is 1.78 bits per heavy atom. The minimum absolute atomic E-state index is 0.111. The molecule has 0 saturated carbocycles. The topological polar surface area (TPSA) is 50.8 Å². The minimum Gasteiger partial charge on any atom is -0.381 e. The summed E-state index contributed by atoms with van der Waals surface area (Å²) < 4.78 is 10.7. The van der Waals surface area contributed by atoms with Crippen LogP contribution in [0.3, 0.4) is 0 Å². The predicted molar refractivity (Wildman–Crippen MR) is 87.9 cm³/mol. The summed E-state index contributed by atoms with van der Waals surface area (Å²) in [4.78, 5) is 14.6. The van der Waals surface area contributed by atoms with Gasteiger partial charge in [-0.2, -0.15) is 0 Å². The Bertz CT molecular complexity index is 509. The highest BCUT2D eigenvalue weighted by molar-refractivity contribution is 5.78. The molecule has 0 aliphatic carbocycles. The van der Waals surface area contributed by atoms with Crippen molar-refractivity contribution in [3.63, 3.8) is 0 Å². The number of nitrogens with one attached hydrogen (secondary N) is 1. The maximum Gasteiger partial charge on any atom is 0.223 e. The predicted octanol–water partition coefficient (Wildman–Crippen LogP) is 1.56.